The maximum absolute atomic E-state index is 2.26. The number of hydrogen-bond acceptors (Lipinski definition) is 0. The number of hydrogen-bond donors (Lipinski definition) is 0. The van der Waals surface area contributed by atoms with Gasteiger partial charge in [0.2, 0.25) is 0 Å². The first kappa shape index (κ1) is 10.9. The molecular weight excluding hydrogens is 192 g/mol. The van der Waals surface area contributed by atoms with Gasteiger partial charge >= 0.3 is 0 Å². The monoisotopic (exact) mass is 210 g/mol. The largest absolute Gasteiger partial charge is 0.0622 e. The second-order valence-electron chi connectivity index (χ2n) is 4.42. The molecule has 0 aliphatic carbocycles. The van der Waals surface area contributed by atoms with E-state index in [2.05, 4.69) is 62.4 Å². The topological polar surface area (TPSA) is 0 Å². The van der Waals surface area contributed by atoms with Crippen molar-refractivity contribution in [2.45, 2.75) is 26.7 Å². The van der Waals surface area contributed by atoms with Gasteiger partial charge in [-0.2, -0.15) is 0 Å². The molecule has 0 heterocycles. The molecule has 0 nitrogen and oxygen atoms in total. The molecule has 0 unspecified atom stereocenters. The van der Waals surface area contributed by atoms with E-state index in [0.717, 1.165) is 12.8 Å². The Kier molecular flexibility index (Phi) is 3.40. The number of benzene rings is 2. The van der Waals surface area contributed by atoms with Crippen LogP contribution in [0.25, 0.3) is 0 Å². The SMILES string of the molecule is Cc1ccc(CCc2ccccc2)c(C)c1. The molecule has 0 saturated carbocycles. The Morgan fingerprint density at radius 1 is 0.812 bits per heavy atom. The van der Waals surface area contributed by atoms with Crippen LogP contribution in [0.15, 0.2) is 48.5 Å². The summed E-state index contributed by atoms with van der Waals surface area (Å²) in [7, 11) is 0. The molecule has 0 spiro atoms. The Labute approximate surface area is 97.9 Å². The van der Waals surface area contributed by atoms with Crippen LogP contribution in [-0.4, -0.2) is 0 Å². The van der Waals surface area contributed by atoms with Gasteiger partial charge in [0.05, 0.1) is 0 Å². The van der Waals surface area contributed by atoms with Crippen LogP contribution in [0.3, 0.4) is 0 Å². The van der Waals surface area contributed by atoms with Gasteiger partial charge in [-0.3, -0.25) is 0 Å². The first-order valence-corrected chi connectivity index (χ1v) is 5.86. The van der Waals surface area contributed by atoms with Gasteiger partial charge in [-0.05, 0) is 43.4 Å². The van der Waals surface area contributed by atoms with Crippen LogP contribution in [-0.2, 0) is 12.8 Å². The maximum Gasteiger partial charge on any atom is -0.0236 e. The molecule has 2 rings (SSSR count). The van der Waals surface area contributed by atoms with Crippen molar-refractivity contribution in [3.8, 4) is 0 Å². The van der Waals surface area contributed by atoms with E-state index in [1.807, 2.05) is 0 Å². The fourth-order valence-electron chi connectivity index (χ4n) is 2.05. The van der Waals surface area contributed by atoms with Crippen LogP contribution in [0.5, 0.6) is 0 Å². The summed E-state index contributed by atoms with van der Waals surface area (Å²) >= 11 is 0. The van der Waals surface area contributed by atoms with E-state index >= 15 is 0 Å². The van der Waals surface area contributed by atoms with Crippen molar-refractivity contribution in [3.05, 3.63) is 70.8 Å². The lowest BCUT2D eigenvalue weighted by molar-refractivity contribution is 0.948. The van der Waals surface area contributed by atoms with Crippen LogP contribution in [0.2, 0.25) is 0 Å². The average Bonchev–Trinajstić information content (AvgIpc) is 2.29. The van der Waals surface area contributed by atoms with Crippen molar-refractivity contribution in [2.75, 3.05) is 0 Å². The van der Waals surface area contributed by atoms with Crippen LogP contribution in [0.1, 0.15) is 22.3 Å². The van der Waals surface area contributed by atoms with Gasteiger partial charge in [-0.1, -0.05) is 54.1 Å². The van der Waals surface area contributed by atoms with E-state index in [9.17, 15) is 0 Å². The zero-order valence-corrected chi connectivity index (χ0v) is 10.0. The summed E-state index contributed by atoms with van der Waals surface area (Å²) in [6.07, 6.45) is 2.26. The smallest absolute Gasteiger partial charge is 0.0236 e. The third kappa shape index (κ3) is 2.73. The van der Waals surface area contributed by atoms with Gasteiger partial charge in [0, 0.05) is 0 Å². The molecule has 0 fully saturated rings. The quantitative estimate of drug-likeness (QED) is 0.715. The van der Waals surface area contributed by atoms with E-state index in [4.69, 9.17) is 0 Å². The second kappa shape index (κ2) is 4.98. The highest BCUT2D eigenvalue weighted by Crippen LogP contribution is 2.13. The molecular formula is C16H18. The molecule has 2 aromatic carbocycles. The van der Waals surface area contributed by atoms with E-state index in [1.165, 1.54) is 22.3 Å². The Bertz CT molecular complexity index is 455. The minimum atomic E-state index is 1.13. The van der Waals surface area contributed by atoms with Gasteiger partial charge in [0.25, 0.3) is 0 Å². The van der Waals surface area contributed by atoms with Crippen molar-refractivity contribution in [3.63, 3.8) is 0 Å². The van der Waals surface area contributed by atoms with Crippen molar-refractivity contribution in [1.82, 2.24) is 0 Å². The van der Waals surface area contributed by atoms with Crippen LogP contribution >= 0.6 is 0 Å². The maximum atomic E-state index is 2.26. The normalized spacial score (nSPS) is 10.4. The lowest BCUT2D eigenvalue weighted by Crippen LogP contribution is -1.94. The predicted octanol–water partition coefficient (Wildman–Crippen LogP) is 4.09. The molecule has 0 atom stereocenters. The fourth-order valence-corrected chi connectivity index (χ4v) is 2.05. The fraction of sp³-hybridized carbons (Fsp3) is 0.250. The van der Waals surface area contributed by atoms with Crippen molar-refractivity contribution < 1.29 is 0 Å². The first-order valence-electron chi connectivity index (χ1n) is 5.86. The molecule has 82 valence electrons. The van der Waals surface area contributed by atoms with Gasteiger partial charge in [0.15, 0.2) is 0 Å². The first-order chi connectivity index (χ1) is 7.75. The molecule has 0 aliphatic rings. The van der Waals surface area contributed by atoms with Gasteiger partial charge in [0.1, 0.15) is 0 Å². The Morgan fingerprint density at radius 3 is 2.25 bits per heavy atom. The summed E-state index contributed by atoms with van der Waals surface area (Å²) < 4.78 is 0. The molecule has 16 heavy (non-hydrogen) atoms. The summed E-state index contributed by atoms with van der Waals surface area (Å²) in [6.45, 7) is 4.35. The minimum absolute atomic E-state index is 1.13. The summed E-state index contributed by atoms with van der Waals surface area (Å²) in [5.74, 6) is 0. The van der Waals surface area contributed by atoms with Gasteiger partial charge < -0.3 is 0 Å². The molecule has 0 N–H and O–H groups in total. The Balaban J connectivity index is 2.05. The van der Waals surface area contributed by atoms with E-state index in [1.54, 1.807) is 0 Å². The lowest BCUT2D eigenvalue weighted by Gasteiger charge is -2.06. The van der Waals surface area contributed by atoms with Crippen LogP contribution < -0.4 is 0 Å². The number of rotatable bonds is 3. The Hall–Kier alpha value is -1.56. The zero-order valence-electron chi connectivity index (χ0n) is 10.0. The summed E-state index contributed by atoms with van der Waals surface area (Å²) in [4.78, 5) is 0. The van der Waals surface area contributed by atoms with Crippen molar-refractivity contribution >= 4 is 0 Å². The third-order valence-corrected chi connectivity index (χ3v) is 3.02. The van der Waals surface area contributed by atoms with Crippen molar-refractivity contribution in [1.29, 1.82) is 0 Å². The minimum Gasteiger partial charge on any atom is -0.0622 e. The van der Waals surface area contributed by atoms with Crippen LogP contribution in [0.4, 0.5) is 0 Å². The van der Waals surface area contributed by atoms with Gasteiger partial charge in [-0.25, -0.2) is 0 Å². The molecule has 0 aromatic heterocycles. The zero-order chi connectivity index (χ0) is 11.4. The molecule has 0 aliphatic heterocycles. The third-order valence-electron chi connectivity index (χ3n) is 3.02. The molecule has 0 radical (unpaired) electrons. The van der Waals surface area contributed by atoms with Crippen LogP contribution in [0, 0.1) is 13.8 Å². The van der Waals surface area contributed by atoms with Gasteiger partial charge in [-0.15, -0.1) is 0 Å². The molecule has 2 aromatic rings. The lowest BCUT2D eigenvalue weighted by atomic mass is 9.99. The summed E-state index contributed by atoms with van der Waals surface area (Å²) in [5.41, 5.74) is 5.65. The standard InChI is InChI=1S/C16H18/c1-13-8-10-16(14(2)12-13)11-9-15-6-4-3-5-7-15/h3-8,10,12H,9,11H2,1-2H3. The summed E-state index contributed by atoms with van der Waals surface area (Å²) in [6, 6.07) is 17.4. The van der Waals surface area contributed by atoms with E-state index in [-0.39, 0.29) is 0 Å². The highest BCUT2D eigenvalue weighted by Gasteiger charge is 1.99. The highest BCUT2D eigenvalue weighted by molar-refractivity contribution is 5.31. The van der Waals surface area contributed by atoms with E-state index < -0.39 is 0 Å². The van der Waals surface area contributed by atoms with Crippen molar-refractivity contribution in [2.24, 2.45) is 0 Å². The molecule has 0 saturated heterocycles. The number of aryl methyl sites for hydroxylation is 4. The summed E-state index contributed by atoms with van der Waals surface area (Å²) in [5, 5.41) is 0. The average molecular weight is 210 g/mol. The second-order valence-corrected chi connectivity index (χ2v) is 4.42. The van der Waals surface area contributed by atoms with E-state index in [0.29, 0.717) is 0 Å². The Morgan fingerprint density at radius 2 is 1.56 bits per heavy atom. The predicted molar refractivity (Wildman–Crippen MR) is 69.8 cm³/mol. The molecule has 0 bridgehead atoms. The molecule has 0 amide bonds. The molecule has 0 heteroatoms. The highest BCUT2D eigenvalue weighted by atomic mass is 14.0.